The standard InChI is InChI=1S/C23H25FN4O2/c1-27(17-8-5-11-25-13-17)23(29)28-22(15-6-3-2-4-7-15)19-14-30-20-10-9-16(24)12-18(20)21(19)26-28/h2-4,6-7,9-10,12,17,19,22,25H,5,8,11,13-14H2,1H3. The van der Waals surface area contributed by atoms with Crippen LogP contribution in [0.15, 0.2) is 53.6 Å². The van der Waals surface area contributed by atoms with Crippen LogP contribution in [0.3, 0.4) is 0 Å². The van der Waals surface area contributed by atoms with E-state index in [1.165, 1.54) is 12.1 Å². The van der Waals surface area contributed by atoms with Gasteiger partial charge in [-0.05, 0) is 43.1 Å². The second kappa shape index (κ2) is 7.72. The molecule has 3 aliphatic rings. The fourth-order valence-electron chi connectivity index (χ4n) is 4.67. The lowest BCUT2D eigenvalue weighted by atomic mass is 9.86. The first-order valence-electron chi connectivity index (χ1n) is 10.5. The molecular weight excluding hydrogens is 383 g/mol. The Morgan fingerprint density at radius 1 is 1.27 bits per heavy atom. The summed E-state index contributed by atoms with van der Waals surface area (Å²) in [4.78, 5) is 15.3. The highest BCUT2D eigenvalue weighted by Crippen LogP contribution is 2.43. The van der Waals surface area contributed by atoms with Gasteiger partial charge in [0, 0.05) is 25.2 Å². The number of benzene rings is 2. The van der Waals surface area contributed by atoms with Gasteiger partial charge < -0.3 is 15.0 Å². The van der Waals surface area contributed by atoms with Crippen LogP contribution >= 0.6 is 0 Å². The van der Waals surface area contributed by atoms with Gasteiger partial charge in [0.25, 0.3) is 0 Å². The van der Waals surface area contributed by atoms with E-state index in [4.69, 9.17) is 9.84 Å². The van der Waals surface area contributed by atoms with E-state index < -0.39 is 0 Å². The predicted molar refractivity (Wildman–Crippen MR) is 112 cm³/mol. The smallest absolute Gasteiger partial charge is 0.341 e. The molecule has 6 nitrogen and oxygen atoms in total. The molecule has 2 aromatic rings. The lowest BCUT2D eigenvalue weighted by molar-refractivity contribution is 0.115. The summed E-state index contributed by atoms with van der Waals surface area (Å²) in [7, 11) is 1.84. The number of amides is 2. The maximum absolute atomic E-state index is 14.0. The molecule has 0 bridgehead atoms. The molecule has 3 unspecified atom stereocenters. The third kappa shape index (κ3) is 3.23. The minimum Gasteiger partial charge on any atom is -0.492 e. The minimum absolute atomic E-state index is 0.131. The Morgan fingerprint density at radius 3 is 2.87 bits per heavy atom. The van der Waals surface area contributed by atoms with Gasteiger partial charge in [-0.15, -0.1) is 0 Å². The Hall–Kier alpha value is -2.93. The van der Waals surface area contributed by atoms with Crippen LogP contribution in [-0.4, -0.2) is 54.4 Å². The molecule has 0 saturated carbocycles. The zero-order valence-electron chi connectivity index (χ0n) is 16.9. The average molecular weight is 408 g/mol. The van der Waals surface area contributed by atoms with Crippen LogP contribution in [0.1, 0.15) is 30.0 Å². The molecule has 2 aromatic carbocycles. The monoisotopic (exact) mass is 408 g/mol. The molecule has 1 saturated heterocycles. The maximum Gasteiger partial charge on any atom is 0.341 e. The van der Waals surface area contributed by atoms with Crippen LogP contribution in [-0.2, 0) is 0 Å². The van der Waals surface area contributed by atoms with Crippen molar-refractivity contribution in [1.82, 2.24) is 15.2 Å². The van der Waals surface area contributed by atoms with E-state index in [2.05, 4.69) is 5.32 Å². The molecule has 0 aliphatic carbocycles. The van der Waals surface area contributed by atoms with Crippen molar-refractivity contribution in [2.75, 3.05) is 26.7 Å². The van der Waals surface area contributed by atoms with Crippen LogP contribution in [0.2, 0.25) is 0 Å². The summed E-state index contributed by atoms with van der Waals surface area (Å²) < 4.78 is 19.9. The van der Waals surface area contributed by atoms with E-state index in [0.717, 1.165) is 31.5 Å². The number of halogens is 1. The molecule has 0 aromatic heterocycles. The van der Waals surface area contributed by atoms with Crippen molar-refractivity contribution in [2.24, 2.45) is 11.0 Å². The summed E-state index contributed by atoms with van der Waals surface area (Å²) in [6, 6.07) is 14.1. The lowest BCUT2D eigenvalue weighted by Crippen LogP contribution is -2.50. The molecule has 3 heterocycles. The molecule has 0 spiro atoms. The summed E-state index contributed by atoms with van der Waals surface area (Å²) in [6.07, 6.45) is 2.01. The third-order valence-electron chi connectivity index (χ3n) is 6.30. The quantitative estimate of drug-likeness (QED) is 0.829. The van der Waals surface area contributed by atoms with E-state index in [1.807, 2.05) is 37.4 Å². The second-order valence-corrected chi connectivity index (χ2v) is 8.14. The first kappa shape index (κ1) is 19.1. The fraction of sp³-hybridized carbons (Fsp3) is 0.391. The number of hydrogen-bond donors (Lipinski definition) is 1. The van der Waals surface area contributed by atoms with Crippen LogP contribution in [0.25, 0.3) is 0 Å². The first-order chi connectivity index (χ1) is 14.6. The molecule has 7 heteroatoms. The summed E-state index contributed by atoms with van der Waals surface area (Å²) in [5, 5.41) is 9.70. The molecule has 0 radical (unpaired) electrons. The van der Waals surface area contributed by atoms with Crippen molar-refractivity contribution in [1.29, 1.82) is 0 Å². The molecule has 2 amide bonds. The number of ether oxygens (including phenoxy) is 1. The van der Waals surface area contributed by atoms with Gasteiger partial charge in [-0.1, -0.05) is 30.3 Å². The number of hydrazone groups is 1. The van der Waals surface area contributed by atoms with Crippen molar-refractivity contribution in [3.8, 4) is 5.75 Å². The highest BCUT2D eigenvalue weighted by Gasteiger charge is 2.46. The first-order valence-corrected chi connectivity index (χ1v) is 10.5. The minimum atomic E-state index is -0.341. The summed E-state index contributed by atoms with van der Waals surface area (Å²) in [5.74, 6) is 0.119. The van der Waals surface area contributed by atoms with Crippen LogP contribution in [0.4, 0.5) is 9.18 Å². The molecule has 1 N–H and O–H groups in total. The highest BCUT2D eigenvalue weighted by atomic mass is 19.1. The van der Waals surface area contributed by atoms with Gasteiger partial charge in [-0.25, -0.2) is 14.2 Å². The number of piperidine rings is 1. The van der Waals surface area contributed by atoms with Gasteiger partial charge >= 0.3 is 6.03 Å². The fourth-order valence-corrected chi connectivity index (χ4v) is 4.67. The van der Waals surface area contributed by atoms with E-state index in [1.54, 1.807) is 16.0 Å². The van der Waals surface area contributed by atoms with Gasteiger partial charge in [0.2, 0.25) is 0 Å². The molecular formula is C23H25FN4O2. The van der Waals surface area contributed by atoms with Crippen LogP contribution < -0.4 is 10.1 Å². The molecule has 3 atom stereocenters. The molecule has 30 heavy (non-hydrogen) atoms. The van der Waals surface area contributed by atoms with Crippen molar-refractivity contribution < 1.29 is 13.9 Å². The Labute approximate surface area is 175 Å². The van der Waals surface area contributed by atoms with Gasteiger partial charge in [0.1, 0.15) is 11.6 Å². The number of urea groups is 1. The Bertz CT molecular complexity index is 974. The second-order valence-electron chi connectivity index (χ2n) is 8.14. The number of likely N-dealkylation sites (N-methyl/N-ethyl adjacent to an activating group) is 1. The van der Waals surface area contributed by atoms with Crippen molar-refractivity contribution >= 4 is 11.7 Å². The maximum atomic E-state index is 14.0. The largest absolute Gasteiger partial charge is 0.492 e. The molecule has 5 rings (SSSR count). The van der Waals surface area contributed by atoms with Crippen LogP contribution in [0, 0.1) is 11.7 Å². The normalized spacial score (nSPS) is 25.1. The van der Waals surface area contributed by atoms with E-state index in [9.17, 15) is 9.18 Å². The number of carbonyl (C=O) groups excluding carboxylic acids is 1. The summed E-state index contributed by atoms with van der Waals surface area (Å²) in [6.45, 7) is 2.16. The van der Waals surface area contributed by atoms with E-state index >= 15 is 0 Å². The number of carbonyl (C=O) groups is 1. The van der Waals surface area contributed by atoms with Crippen molar-refractivity contribution in [3.63, 3.8) is 0 Å². The third-order valence-corrected chi connectivity index (χ3v) is 6.30. The van der Waals surface area contributed by atoms with E-state index in [-0.39, 0.29) is 29.8 Å². The van der Waals surface area contributed by atoms with Gasteiger partial charge in [-0.2, -0.15) is 5.10 Å². The van der Waals surface area contributed by atoms with E-state index in [0.29, 0.717) is 23.6 Å². The Kier molecular flexibility index (Phi) is 4.90. The van der Waals surface area contributed by atoms with Crippen molar-refractivity contribution in [3.05, 3.63) is 65.5 Å². The number of nitrogens with one attached hydrogen (secondary N) is 1. The lowest BCUT2D eigenvalue weighted by Gasteiger charge is -2.36. The molecule has 156 valence electrons. The SMILES string of the molecule is CN(C(=O)N1N=C2c3cc(F)ccc3OCC2C1c1ccccc1)C1CCCNC1. The highest BCUT2D eigenvalue weighted by molar-refractivity contribution is 6.07. The molecule has 3 aliphatic heterocycles. The summed E-state index contributed by atoms with van der Waals surface area (Å²) >= 11 is 0. The van der Waals surface area contributed by atoms with Gasteiger partial charge in [0.05, 0.1) is 24.3 Å². The zero-order valence-corrected chi connectivity index (χ0v) is 16.9. The average Bonchev–Trinajstić information content (AvgIpc) is 3.19. The molecule has 1 fully saturated rings. The number of nitrogens with zero attached hydrogens (tertiary/aromatic N) is 3. The topological polar surface area (TPSA) is 57.2 Å². The number of rotatable bonds is 2. The van der Waals surface area contributed by atoms with Crippen LogP contribution in [0.5, 0.6) is 5.75 Å². The summed E-state index contributed by atoms with van der Waals surface area (Å²) in [5.41, 5.74) is 2.34. The number of fused-ring (bicyclic) bond motifs is 3. The zero-order chi connectivity index (χ0) is 20.7. The predicted octanol–water partition coefficient (Wildman–Crippen LogP) is 3.40. The van der Waals surface area contributed by atoms with Gasteiger partial charge in [0.15, 0.2) is 0 Å². The Morgan fingerprint density at radius 2 is 2.10 bits per heavy atom. The number of hydrogen-bond acceptors (Lipinski definition) is 4. The Balaban J connectivity index is 1.54. The van der Waals surface area contributed by atoms with Crippen molar-refractivity contribution in [2.45, 2.75) is 24.9 Å². The van der Waals surface area contributed by atoms with Gasteiger partial charge in [-0.3, -0.25) is 0 Å².